The molecule has 0 amide bonds. The van der Waals surface area contributed by atoms with Gasteiger partial charge in [0.1, 0.15) is 5.82 Å². The molecule has 0 aromatic carbocycles. The molecule has 2 N–H and O–H groups in total. The second kappa shape index (κ2) is 8.88. The Morgan fingerprint density at radius 3 is 2.68 bits per heavy atom. The third-order valence-electron chi connectivity index (χ3n) is 2.86. The van der Waals surface area contributed by atoms with Gasteiger partial charge in [-0.25, -0.2) is 4.98 Å². The lowest BCUT2D eigenvalue weighted by Crippen LogP contribution is -2.15. The van der Waals surface area contributed by atoms with Crippen LogP contribution >= 0.6 is 0 Å². The molecule has 1 aromatic rings. The molecule has 1 rings (SSSR count). The summed E-state index contributed by atoms with van der Waals surface area (Å²) in [7, 11) is 1.71. The molecule has 0 radical (unpaired) electrons. The molecule has 1 heterocycles. The van der Waals surface area contributed by atoms with E-state index in [4.69, 9.17) is 4.74 Å². The van der Waals surface area contributed by atoms with Crippen molar-refractivity contribution in [2.75, 3.05) is 32.1 Å². The van der Waals surface area contributed by atoms with Crippen molar-refractivity contribution in [1.82, 2.24) is 10.3 Å². The monoisotopic (exact) mass is 265 g/mol. The summed E-state index contributed by atoms with van der Waals surface area (Å²) in [6.07, 6.45) is 1.15. The molecule has 4 nitrogen and oxygen atoms in total. The Hall–Kier alpha value is -1.13. The lowest BCUT2D eigenvalue weighted by atomic mass is 10.1. The summed E-state index contributed by atoms with van der Waals surface area (Å²) in [5, 5.41) is 6.74. The summed E-state index contributed by atoms with van der Waals surface area (Å²) in [5.74, 6) is 1.38. The van der Waals surface area contributed by atoms with Gasteiger partial charge >= 0.3 is 0 Å². The molecule has 0 fully saturated rings. The maximum Gasteiger partial charge on any atom is 0.126 e. The molecular weight excluding hydrogens is 238 g/mol. The van der Waals surface area contributed by atoms with Crippen molar-refractivity contribution in [3.8, 4) is 0 Å². The number of hydrogen-bond donors (Lipinski definition) is 2. The summed E-state index contributed by atoms with van der Waals surface area (Å²) in [6.45, 7) is 9.94. The molecule has 0 aliphatic rings. The van der Waals surface area contributed by atoms with Crippen LogP contribution in [0, 0.1) is 0 Å². The van der Waals surface area contributed by atoms with E-state index >= 15 is 0 Å². The fourth-order valence-corrected chi connectivity index (χ4v) is 1.79. The largest absolute Gasteiger partial charge is 0.383 e. The highest BCUT2D eigenvalue weighted by atomic mass is 16.5. The van der Waals surface area contributed by atoms with Crippen molar-refractivity contribution >= 4 is 5.82 Å². The minimum Gasteiger partial charge on any atom is -0.383 e. The molecule has 0 aliphatic carbocycles. The van der Waals surface area contributed by atoms with Gasteiger partial charge in [0.25, 0.3) is 0 Å². The smallest absolute Gasteiger partial charge is 0.126 e. The Balaban J connectivity index is 2.72. The van der Waals surface area contributed by atoms with E-state index in [1.165, 1.54) is 5.56 Å². The molecule has 1 aromatic heterocycles. The van der Waals surface area contributed by atoms with Crippen LogP contribution in [0.5, 0.6) is 0 Å². The maximum absolute atomic E-state index is 5.05. The van der Waals surface area contributed by atoms with E-state index in [2.05, 4.69) is 48.5 Å². The maximum atomic E-state index is 5.05. The van der Waals surface area contributed by atoms with Crippen LogP contribution in [-0.2, 0) is 11.3 Å². The van der Waals surface area contributed by atoms with E-state index < -0.39 is 0 Å². The summed E-state index contributed by atoms with van der Waals surface area (Å²) >= 11 is 0. The zero-order chi connectivity index (χ0) is 14.1. The number of hydrogen-bond acceptors (Lipinski definition) is 4. The number of ether oxygens (including phenoxy) is 1. The van der Waals surface area contributed by atoms with Gasteiger partial charge < -0.3 is 15.4 Å². The molecule has 0 saturated carbocycles. The van der Waals surface area contributed by atoms with Gasteiger partial charge in [-0.05, 0) is 36.6 Å². The van der Waals surface area contributed by atoms with E-state index in [0.29, 0.717) is 12.5 Å². The number of methoxy groups -OCH3 is 1. The highest BCUT2D eigenvalue weighted by Gasteiger charge is 2.06. The van der Waals surface area contributed by atoms with Crippen molar-refractivity contribution in [2.45, 2.75) is 39.7 Å². The van der Waals surface area contributed by atoms with E-state index in [1.54, 1.807) is 7.11 Å². The molecule has 108 valence electrons. The molecule has 4 heteroatoms. The van der Waals surface area contributed by atoms with Crippen molar-refractivity contribution in [2.24, 2.45) is 0 Å². The minimum absolute atomic E-state index is 0.439. The third kappa shape index (κ3) is 6.03. The SMILES string of the molecule is CCCNCc1cc(NCCOC)nc(C(C)C)c1. The molecule has 0 atom stereocenters. The standard InChI is InChI=1S/C15H27N3O/c1-5-6-16-11-13-9-14(12(2)3)18-15(10-13)17-7-8-19-4/h9-10,12,16H,5-8,11H2,1-4H3,(H,17,18). The quantitative estimate of drug-likeness (QED) is 0.674. The Morgan fingerprint density at radius 1 is 1.26 bits per heavy atom. The van der Waals surface area contributed by atoms with E-state index in [9.17, 15) is 0 Å². The average Bonchev–Trinajstić information content (AvgIpc) is 2.39. The predicted molar refractivity (Wildman–Crippen MR) is 80.7 cm³/mol. The molecule has 0 saturated heterocycles. The van der Waals surface area contributed by atoms with E-state index in [0.717, 1.165) is 37.6 Å². The van der Waals surface area contributed by atoms with Crippen molar-refractivity contribution in [1.29, 1.82) is 0 Å². The van der Waals surface area contributed by atoms with Crippen LogP contribution in [0.3, 0.4) is 0 Å². The highest BCUT2D eigenvalue weighted by Crippen LogP contribution is 2.17. The van der Waals surface area contributed by atoms with Gasteiger partial charge in [0.05, 0.1) is 6.61 Å². The van der Waals surface area contributed by atoms with Crippen molar-refractivity contribution < 1.29 is 4.74 Å². The Kier molecular flexibility index (Phi) is 7.45. The Morgan fingerprint density at radius 2 is 2.05 bits per heavy atom. The minimum atomic E-state index is 0.439. The molecular formula is C15H27N3O. The van der Waals surface area contributed by atoms with Crippen LogP contribution in [-0.4, -0.2) is 31.8 Å². The van der Waals surface area contributed by atoms with Crippen molar-refractivity contribution in [3.05, 3.63) is 23.4 Å². The first-order chi connectivity index (χ1) is 9.17. The number of rotatable bonds is 9. The van der Waals surface area contributed by atoms with Gasteiger partial charge in [-0.1, -0.05) is 20.8 Å². The van der Waals surface area contributed by atoms with Crippen LogP contribution in [0.2, 0.25) is 0 Å². The first-order valence-electron chi connectivity index (χ1n) is 7.11. The zero-order valence-corrected chi connectivity index (χ0v) is 12.6. The van der Waals surface area contributed by atoms with E-state index in [1.807, 2.05) is 0 Å². The van der Waals surface area contributed by atoms with Gasteiger partial charge in [0.2, 0.25) is 0 Å². The Bertz CT molecular complexity index is 338. The molecule has 0 aliphatic heterocycles. The van der Waals surface area contributed by atoms with Gasteiger partial charge in [-0.2, -0.15) is 0 Å². The average molecular weight is 265 g/mol. The number of aromatic nitrogens is 1. The second-order valence-corrected chi connectivity index (χ2v) is 5.04. The molecule has 0 spiro atoms. The van der Waals surface area contributed by atoms with E-state index in [-0.39, 0.29) is 0 Å². The number of pyridine rings is 1. The topological polar surface area (TPSA) is 46.2 Å². The van der Waals surface area contributed by atoms with Gasteiger partial charge in [0, 0.05) is 25.9 Å². The summed E-state index contributed by atoms with van der Waals surface area (Å²) in [5.41, 5.74) is 2.42. The number of nitrogens with zero attached hydrogens (tertiary/aromatic N) is 1. The summed E-state index contributed by atoms with van der Waals surface area (Å²) in [4.78, 5) is 4.64. The zero-order valence-electron chi connectivity index (χ0n) is 12.6. The van der Waals surface area contributed by atoms with Gasteiger partial charge in [-0.3, -0.25) is 0 Å². The number of anilines is 1. The summed E-state index contributed by atoms with van der Waals surface area (Å²) in [6, 6.07) is 4.30. The fraction of sp³-hybridized carbons (Fsp3) is 0.667. The normalized spacial score (nSPS) is 11.0. The van der Waals surface area contributed by atoms with Crippen LogP contribution in [0.15, 0.2) is 12.1 Å². The first-order valence-corrected chi connectivity index (χ1v) is 7.11. The molecule has 0 unspecified atom stereocenters. The van der Waals surface area contributed by atoms with Gasteiger partial charge in [0.15, 0.2) is 0 Å². The molecule has 19 heavy (non-hydrogen) atoms. The van der Waals surface area contributed by atoms with Crippen LogP contribution in [0.25, 0.3) is 0 Å². The fourth-order valence-electron chi connectivity index (χ4n) is 1.79. The highest BCUT2D eigenvalue weighted by molar-refractivity contribution is 5.40. The molecule has 0 bridgehead atoms. The number of nitrogens with one attached hydrogen (secondary N) is 2. The first kappa shape index (κ1) is 15.9. The lowest BCUT2D eigenvalue weighted by molar-refractivity contribution is 0.210. The summed E-state index contributed by atoms with van der Waals surface area (Å²) < 4.78 is 5.05. The van der Waals surface area contributed by atoms with Crippen molar-refractivity contribution in [3.63, 3.8) is 0 Å². The van der Waals surface area contributed by atoms with Gasteiger partial charge in [-0.15, -0.1) is 0 Å². The Labute approximate surface area is 117 Å². The van der Waals surface area contributed by atoms with Crippen LogP contribution < -0.4 is 10.6 Å². The second-order valence-electron chi connectivity index (χ2n) is 5.04. The van der Waals surface area contributed by atoms with Crippen LogP contribution in [0.1, 0.15) is 44.4 Å². The third-order valence-corrected chi connectivity index (χ3v) is 2.86. The lowest BCUT2D eigenvalue weighted by Gasteiger charge is -2.13. The predicted octanol–water partition coefficient (Wildman–Crippen LogP) is 2.76. The van der Waals surface area contributed by atoms with Crippen LogP contribution in [0.4, 0.5) is 5.82 Å².